The molecular weight excluding hydrogens is 355 g/mol. The first-order valence-electron chi connectivity index (χ1n) is 8.88. The van der Waals surface area contributed by atoms with Crippen LogP contribution in [-0.4, -0.2) is 34.3 Å². The lowest BCUT2D eigenvalue weighted by molar-refractivity contribution is 0.153. The Hall–Kier alpha value is -1.07. The molecule has 6 heteroatoms. The molecule has 2 aromatic rings. The fourth-order valence-corrected chi connectivity index (χ4v) is 4.02. The molecule has 0 saturated carbocycles. The molecule has 138 valence electrons. The van der Waals surface area contributed by atoms with Gasteiger partial charge in [-0.2, -0.15) is 5.10 Å². The Kier molecular flexibility index (Phi) is 7.32. The minimum absolute atomic E-state index is 0. The quantitative estimate of drug-likeness (QED) is 0.854. The second kappa shape index (κ2) is 9.04. The Labute approximate surface area is 162 Å². The highest BCUT2D eigenvalue weighted by molar-refractivity contribution is 6.31. The standard InChI is InChI=1S/C19H27ClN4.ClH/c1-4-17-15(18(5-2)23(3)22-17)13-24-11-10-21-12-19(24)14-8-6-7-9-16(14)20;/h6-9,19,21H,4-5,10-13H2,1-3H3;1H. The highest BCUT2D eigenvalue weighted by Crippen LogP contribution is 2.30. The van der Waals surface area contributed by atoms with Crippen molar-refractivity contribution in [3.8, 4) is 0 Å². The highest BCUT2D eigenvalue weighted by atomic mass is 35.5. The number of hydrogen-bond acceptors (Lipinski definition) is 3. The van der Waals surface area contributed by atoms with Gasteiger partial charge in [0.15, 0.2) is 0 Å². The van der Waals surface area contributed by atoms with E-state index < -0.39 is 0 Å². The van der Waals surface area contributed by atoms with Gasteiger partial charge in [0.25, 0.3) is 0 Å². The molecule has 1 N–H and O–H groups in total. The fourth-order valence-electron chi connectivity index (χ4n) is 3.76. The molecule has 4 nitrogen and oxygen atoms in total. The number of aromatic nitrogens is 2. The van der Waals surface area contributed by atoms with Crippen molar-refractivity contribution in [2.45, 2.75) is 39.3 Å². The van der Waals surface area contributed by atoms with Crippen LogP contribution in [-0.2, 0) is 26.4 Å². The van der Waals surface area contributed by atoms with Crippen LogP contribution in [0.4, 0.5) is 0 Å². The molecule has 1 aliphatic rings. The van der Waals surface area contributed by atoms with E-state index in [1.54, 1.807) is 0 Å². The van der Waals surface area contributed by atoms with Gasteiger partial charge in [0, 0.05) is 55.5 Å². The summed E-state index contributed by atoms with van der Waals surface area (Å²) in [6, 6.07) is 8.52. The lowest BCUT2D eigenvalue weighted by atomic mass is 10.0. The predicted octanol–water partition coefficient (Wildman–Crippen LogP) is 3.77. The zero-order valence-electron chi connectivity index (χ0n) is 15.3. The molecule has 0 spiro atoms. The molecule has 0 bridgehead atoms. The van der Waals surface area contributed by atoms with E-state index in [-0.39, 0.29) is 12.4 Å². The average Bonchev–Trinajstić information content (AvgIpc) is 2.91. The van der Waals surface area contributed by atoms with Gasteiger partial charge in [-0.05, 0) is 24.5 Å². The van der Waals surface area contributed by atoms with E-state index in [9.17, 15) is 0 Å². The predicted molar refractivity (Wildman–Crippen MR) is 107 cm³/mol. The molecule has 1 atom stereocenters. The molecule has 1 aromatic carbocycles. The second-order valence-electron chi connectivity index (χ2n) is 6.41. The molecule has 1 aliphatic heterocycles. The Morgan fingerprint density at radius 3 is 2.68 bits per heavy atom. The van der Waals surface area contributed by atoms with Crippen molar-refractivity contribution in [2.24, 2.45) is 7.05 Å². The van der Waals surface area contributed by atoms with Crippen molar-refractivity contribution in [1.82, 2.24) is 20.0 Å². The number of hydrogen-bond donors (Lipinski definition) is 1. The van der Waals surface area contributed by atoms with E-state index in [4.69, 9.17) is 16.7 Å². The maximum Gasteiger partial charge on any atom is 0.0669 e. The lowest BCUT2D eigenvalue weighted by Gasteiger charge is -2.37. The molecule has 0 radical (unpaired) electrons. The molecule has 3 rings (SSSR count). The van der Waals surface area contributed by atoms with Gasteiger partial charge in [0.1, 0.15) is 0 Å². The van der Waals surface area contributed by atoms with Crippen molar-refractivity contribution in [1.29, 1.82) is 0 Å². The topological polar surface area (TPSA) is 33.1 Å². The molecule has 1 unspecified atom stereocenters. The molecule has 1 aromatic heterocycles. The first-order valence-corrected chi connectivity index (χ1v) is 9.26. The van der Waals surface area contributed by atoms with E-state index in [0.29, 0.717) is 6.04 Å². The van der Waals surface area contributed by atoms with Gasteiger partial charge < -0.3 is 5.32 Å². The van der Waals surface area contributed by atoms with Crippen LogP contribution in [0.5, 0.6) is 0 Å². The van der Waals surface area contributed by atoms with Crippen molar-refractivity contribution in [3.63, 3.8) is 0 Å². The third-order valence-electron chi connectivity index (χ3n) is 5.01. The molecule has 0 aliphatic carbocycles. The number of aryl methyl sites for hydroxylation is 2. The third kappa shape index (κ3) is 4.20. The SMILES string of the molecule is CCc1nn(C)c(CC)c1CN1CCNCC1c1ccccc1Cl.Cl. The van der Waals surface area contributed by atoms with Crippen LogP contribution >= 0.6 is 24.0 Å². The average molecular weight is 383 g/mol. The number of halogens is 2. The summed E-state index contributed by atoms with van der Waals surface area (Å²) in [5, 5.41) is 9.10. The van der Waals surface area contributed by atoms with E-state index in [0.717, 1.165) is 44.0 Å². The minimum atomic E-state index is 0. The van der Waals surface area contributed by atoms with Gasteiger partial charge in [-0.3, -0.25) is 9.58 Å². The normalized spacial score (nSPS) is 18.2. The summed E-state index contributed by atoms with van der Waals surface area (Å²) < 4.78 is 2.06. The number of piperazine rings is 1. The summed E-state index contributed by atoms with van der Waals surface area (Å²) in [7, 11) is 2.06. The monoisotopic (exact) mass is 382 g/mol. The van der Waals surface area contributed by atoms with Gasteiger partial charge in [-0.15, -0.1) is 12.4 Å². The summed E-state index contributed by atoms with van der Waals surface area (Å²) in [6.07, 6.45) is 1.99. The second-order valence-corrected chi connectivity index (χ2v) is 6.82. The van der Waals surface area contributed by atoms with Crippen LogP contribution in [0.15, 0.2) is 24.3 Å². The lowest BCUT2D eigenvalue weighted by Crippen LogP contribution is -2.45. The van der Waals surface area contributed by atoms with Gasteiger partial charge >= 0.3 is 0 Å². The van der Waals surface area contributed by atoms with Crippen LogP contribution < -0.4 is 5.32 Å². The van der Waals surface area contributed by atoms with Gasteiger partial charge in [-0.25, -0.2) is 0 Å². The maximum atomic E-state index is 6.48. The molecule has 1 saturated heterocycles. The summed E-state index contributed by atoms with van der Waals surface area (Å²) in [5.41, 5.74) is 5.20. The van der Waals surface area contributed by atoms with E-state index in [1.165, 1.54) is 22.5 Å². The van der Waals surface area contributed by atoms with Crippen molar-refractivity contribution in [3.05, 3.63) is 51.8 Å². The Bertz CT molecular complexity index is 699. The third-order valence-corrected chi connectivity index (χ3v) is 5.35. The number of nitrogens with one attached hydrogen (secondary N) is 1. The Morgan fingerprint density at radius 1 is 1.24 bits per heavy atom. The van der Waals surface area contributed by atoms with Crippen LogP contribution in [0.1, 0.15) is 42.4 Å². The zero-order valence-corrected chi connectivity index (χ0v) is 16.8. The van der Waals surface area contributed by atoms with Crippen LogP contribution in [0.25, 0.3) is 0 Å². The number of rotatable bonds is 5. The summed E-state index contributed by atoms with van der Waals surface area (Å²) in [6.45, 7) is 8.32. The van der Waals surface area contributed by atoms with Gasteiger partial charge in [0.2, 0.25) is 0 Å². The summed E-state index contributed by atoms with van der Waals surface area (Å²) in [4.78, 5) is 2.55. The molecule has 2 heterocycles. The maximum absolute atomic E-state index is 6.48. The largest absolute Gasteiger partial charge is 0.314 e. The molecule has 25 heavy (non-hydrogen) atoms. The van der Waals surface area contributed by atoms with Crippen molar-refractivity contribution in [2.75, 3.05) is 19.6 Å². The van der Waals surface area contributed by atoms with Crippen LogP contribution in [0.2, 0.25) is 5.02 Å². The molecule has 1 fully saturated rings. The molecule has 0 amide bonds. The first-order chi connectivity index (χ1) is 11.7. The van der Waals surface area contributed by atoms with Crippen LogP contribution in [0.3, 0.4) is 0 Å². The number of benzene rings is 1. The minimum Gasteiger partial charge on any atom is -0.314 e. The van der Waals surface area contributed by atoms with E-state index >= 15 is 0 Å². The van der Waals surface area contributed by atoms with E-state index in [2.05, 4.69) is 47.9 Å². The van der Waals surface area contributed by atoms with Crippen molar-refractivity contribution < 1.29 is 0 Å². The molecular formula is C19H28Cl2N4. The van der Waals surface area contributed by atoms with Gasteiger partial charge in [-0.1, -0.05) is 43.6 Å². The van der Waals surface area contributed by atoms with Gasteiger partial charge in [0.05, 0.1) is 5.69 Å². The number of nitrogens with zero attached hydrogens (tertiary/aromatic N) is 3. The fraction of sp³-hybridized carbons (Fsp3) is 0.526. The smallest absolute Gasteiger partial charge is 0.0669 e. The van der Waals surface area contributed by atoms with E-state index in [1.807, 2.05) is 12.1 Å². The summed E-state index contributed by atoms with van der Waals surface area (Å²) >= 11 is 6.48. The Balaban J connectivity index is 0.00000225. The zero-order chi connectivity index (χ0) is 17.1. The first kappa shape index (κ1) is 20.2. The highest BCUT2D eigenvalue weighted by Gasteiger charge is 2.27. The Morgan fingerprint density at radius 2 is 2.00 bits per heavy atom. The summed E-state index contributed by atoms with van der Waals surface area (Å²) in [5.74, 6) is 0. The van der Waals surface area contributed by atoms with Crippen molar-refractivity contribution >= 4 is 24.0 Å². The van der Waals surface area contributed by atoms with Crippen LogP contribution in [0, 0.1) is 0 Å².